The molecule has 0 fully saturated rings. The van der Waals surface area contributed by atoms with Crippen molar-refractivity contribution in [1.82, 2.24) is 10.9 Å². The van der Waals surface area contributed by atoms with Gasteiger partial charge in [0.1, 0.15) is 5.75 Å². The SMILES string of the molecule is C[C@H](Oc1ccc(Cl)cc1Cl)C(=O)OCC(=O)NNC(=O)c1ccc(Br)cc1. The number of hydrogen-bond donors (Lipinski definition) is 2. The number of esters is 1. The first-order chi connectivity index (χ1) is 13.3. The van der Waals surface area contributed by atoms with Crippen molar-refractivity contribution in [3.8, 4) is 5.75 Å². The number of carbonyl (C=O) groups excluding carboxylic acids is 3. The lowest BCUT2D eigenvalue weighted by Gasteiger charge is -2.15. The highest BCUT2D eigenvalue weighted by Gasteiger charge is 2.19. The van der Waals surface area contributed by atoms with Crippen LogP contribution in [0, 0.1) is 0 Å². The molecule has 0 saturated carbocycles. The van der Waals surface area contributed by atoms with Gasteiger partial charge in [0.15, 0.2) is 12.7 Å². The van der Waals surface area contributed by atoms with Crippen molar-refractivity contribution in [3.63, 3.8) is 0 Å². The van der Waals surface area contributed by atoms with Crippen LogP contribution in [0.5, 0.6) is 5.75 Å². The van der Waals surface area contributed by atoms with Crippen LogP contribution in [0.2, 0.25) is 10.0 Å². The molecule has 2 N–H and O–H groups in total. The van der Waals surface area contributed by atoms with Gasteiger partial charge in [-0.15, -0.1) is 0 Å². The van der Waals surface area contributed by atoms with Gasteiger partial charge in [-0.25, -0.2) is 4.79 Å². The number of halogens is 3. The first kappa shape index (κ1) is 22.0. The number of carbonyl (C=O) groups is 3. The van der Waals surface area contributed by atoms with Gasteiger partial charge in [0.2, 0.25) is 0 Å². The summed E-state index contributed by atoms with van der Waals surface area (Å²) in [6, 6.07) is 11.1. The van der Waals surface area contributed by atoms with Crippen molar-refractivity contribution in [2.24, 2.45) is 0 Å². The maximum Gasteiger partial charge on any atom is 0.347 e. The Morgan fingerprint density at radius 2 is 1.75 bits per heavy atom. The topological polar surface area (TPSA) is 93.7 Å². The van der Waals surface area contributed by atoms with Crippen LogP contribution >= 0.6 is 39.1 Å². The predicted molar refractivity (Wildman–Crippen MR) is 107 cm³/mol. The van der Waals surface area contributed by atoms with Crippen molar-refractivity contribution >= 4 is 56.9 Å². The van der Waals surface area contributed by atoms with Gasteiger partial charge >= 0.3 is 5.97 Å². The van der Waals surface area contributed by atoms with E-state index in [4.69, 9.17) is 32.7 Å². The third-order valence-corrected chi connectivity index (χ3v) is 4.36. The molecule has 28 heavy (non-hydrogen) atoms. The smallest absolute Gasteiger partial charge is 0.347 e. The van der Waals surface area contributed by atoms with E-state index in [1.54, 1.807) is 30.3 Å². The van der Waals surface area contributed by atoms with E-state index >= 15 is 0 Å². The van der Waals surface area contributed by atoms with E-state index in [9.17, 15) is 14.4 Å². The second-order valence-corrected chi connectivity index (χ2v) is 7.21. The third-order valence-electron chi connectivity index (χ3n) is 3.30. The van der Waals surface area contributed by atoms with Crippen LogP contribution in [-0.4, -0.2) is 30.5 Å². The van der Waals surface area contributed by atoms with Gasteiger partial charge in [-0.3, -0.25) is 20.4 Å². The summed E-state index contributed by atoms with van der Waals surface area (Å²) in [5.74, 6) is -1.75. The van der Waals surface area contributed by atoms with Gasteiger partial charge in [0, 0.05) is 15.1 Å². The van der Waals surface area contributed by atoms with E-state index in [1.807, 2.05) is 0 Å². The summed E-state index contributed by atoms with van der Waals surface area (Å²) in [7, 11) is 0. The Bertz CT molecular complexity index is 877. The molecule has 0 aliphatic rings. The highest BCUT2D eigenvalue weighted by atomic mass is 79.9. The molecule has 0 unspecified atom stereocenters. The molecule has 0 aliphatic carbocycles. The Morgan fingerprint density at radius 3 is 2.39 bits per heavy atom. The second kappa shape index (κ2) is 10.3. The van der Waals surface area contributed by atoms with Crippen molar-refractivity contribution < 1.29 is 23.9 Å². The van der Waals surface area contributed by atoms with E-state index in [1.165, 1.54) is 19.1 Å². The van der Waals surface area contributed by atoms with Crippen molar-refractivity contribution in [2.45, 2.75) is 13.0 Å². The average Bonchev–Trinajstić information content (AvgIpc) is 2.66. The third kappa shape index (κ3) is 6.70. The van der Waals surface area contributed by atoms with Crippen molar-refractivity contribution in [2.75, 3.05) is 6.61 Å². The second-order valence-electron chi connectivity index (χ2n) is 5.45. The zero-order valence-electron chi connectivity index (χ0n) is 14.5. The molecule has 2 aromatic rings. The van der Waals surface area contributed by atoms with E-state index in [2.05, 4.69) is 26.8 Å². The number of ether oxygens (including phenoxy) is 2. The summed E-state index contributed by atoms with van der Waals surface area (Å²) in [4.78, 5) is 35.5. The first-order valence-electron chi connectivity index (χ1n) is 7.89. The lowest BCUT2D eigenvalue weighted by atomic mass is 10.2. The summed E-state index contributed by atoms with van der Waals surface area (Å²) in [6.45, 7) is 0.849. The van der Waals surface area contributed by atoms with Crippen LogP contribution < -0.4 is 15.6 Å². The monoisotopic (exact) mass is 488 g/mol. The van der Waals surface area contributed by atoms with Crippen LogP contribution in [0.4, 0.5) is 0 Å². The van der Waals surface area contributed by atoms with Crippen LogP contribution in [0.25, 0.3) is 0 Å². The fourth-order valence-electron chi connectivity index (χ4n) is 1.90. The van der Waals surface area contributed by atoms with E-state index < -0.39 is 30.5 Å². The Hall–Kier alpha value is -2.29. The maximum atomic E-state index is 11.9. The molecule has 10 heteroatoms. The molecule has 0 aromatic heterocycles. The molecule has 1 atom stereocenters. The Labute approximate surface area is 179 Å². The maximum absolute atomic E-state index is 11.9. The molecule has 0 saturated heterocycles. The molecule has 2 amide bonds. The number of amides is 2. The molecule has 2 aromatic carbocycles. The number of rotatable bonds is 6. The van der Waals surface area contributed by atoms with Gasteiger partial charge in [-0.1, -0.05) is 39.1 Å². The molecule has 148 valence electrons. The number of hydrogen-bond acceptors (Lipinski definition) is 5. The summed E-state index contributed by atoms with van der Waals surface area (Å²) in [5, 5.41) is 0.662. The average molecular weight is 490 g/mol. The minimum atomic E-state index is -1.01. The van der Waals surface area contributed by atoms with Gasteiger partial charge in [0.25, 0.3) is 11.8 Å². The standard InChI is InChI=1S/C18H15BrCl2N2O5/c1-10(28-15-7-6-13(20)8-14(15)21)18(26)27-9-16(24)22-23-17(25)11-2-4-12(19)5-3-11/h2-8,10H,9H2,1H3,(H,22,24)(H,23,25)/t10-/m0/s1. The largest absolute Gasteiger partial charge is 0.477 e. The van der Waals surface area contributed by atoms with Crippen LogP contribution in [-0.2, 0) is 14.3 Å². The lowest BCUT2D eigenvalue weighted by Crippen LogP contribution is -2.44. The van der Waals surface area contributed by atoms with Crippen LogP contribution in [0.3, 0.4) is 0 Å². The van der Waals surface area contributed by atoms with Gasteiger partial charge in [0.05, 0.1) is 5.02 Å². The normalized spacial score (nSPS) is 11.3. The Kier molecular flexibility index (Phi) is 8.10. The first-order valence-corrected chi connectivity index (χ1v) is 9.44. The number of benzene rings is 2. The molecule has 2 rings (SSSR count). The predicted octanol–water partition coefficient (Wildman–Crippen LogP) is 3.53. The zero-order chi connectivity index (χ0) is 20.7. The molecule has 0 aliphatic heterocycles. The van der Waals surface area contributed by atoms with Crippen LogP contribution in [0.1, 0.15) is 17.3 Å². The highest BCUT2D eigenvalue weighted by Crippen LogP contribution is 2.28. The Morgan fingerprint density at radius 1 is 1.07 bits per heavy atom. The summed E-state index contributed by atoms with van der Waals surface area (Å²) >= 11 is 15.0. The summed E-state index contributed by atoms with van der Waals surface area (Å²) in [6.07, 6.45) is -1.01. The lowest BCUT2D eigenvalue weighted by molar-refractivity contribution is -0.154. The van der Waals surface area contributed by atoms with Gasteiger partial charge < -0.3 is 9.47 Å². The fraction of sp³-hybridized carbons (Fsp3) is 0.167. The molecule has 0 heterocycles. The quantitative estimate of drug-likeness (QED) is 0.478. The minimum Gasteiger partial charge on any atom is -0.477 e. The minimum absolute atomic E-state index is 0.237. The van der Waals surface area contributed by atoms with E-state index in [-0.39, 0.29) is 10.8 Å². The van der Waals surface area contributed by atoms with Crippen LogP contribution in [0.15, 0.2) is 46.9 Å². The molecule has 7 nitrogen and oxygen atoms in total. The Balaban J connectivity index is 1.75. The van der Waals surface area contributed by atoms with E-state index in [0.717, 1.165) is 4.47 Å². The number of hydrazine groups is 1. The molecular formula is C18H15BrCl2N2O5. The zero-order valence-corrected chi connectivity index (χ0v) is 17.6. The molecule has 0 bridgehead atoms. The van der Waals surface area contributed by atoms with Gasteiger partial charge in [-0.05, 0) is 49.4 Å². The molecule has 0 spiro atoms. The molecular weight excluding hydrogens is 475 g/mol. The van der Waals surface area contributed by atoms with Crippen molar-refractivity contribution in [3.05, 3.63) is 62.5 Å². The van der Waals surface area contributed by atoms with Crippen molar-refractivity contribution in [1.29, 1.82) is 0 Å². The number of nitrogens with one attached hydrogen (secondary N) is 2. The molecule has 0 radical (unpaired) electrons. The highest BCUT2D eigenvalue weighted by molar-refractivity contribution is 9.10. The fourth-order valence-corrected chi connectivity index (χ4v) is 2.62. The summed E-state index contributed by atoms with van der Waals surface area (Å²) < 4.78 is 11.1. The summed E-state index contributed by atoms with van der Waals surface area (Å²) in [5.41, 5.74) is 4.72. The van der Waals surface area contributed by atoms with E-state index in [0.29, 0.717) is 10.6 Å². The van der Waals surface area contributed by atoms with Gasteiger partial charge in [-0.2, -0.15) is 0 Å².